The molecule has 138 valence electrons. The number of hydrogen-bond acceptors (Lipinski definition) is 4. The second-order valence-electron chi connectivity index (χ2n) is 6.80. The predicted molar refractivity (Wildman–Crippen MR) is 102 cm³/mol. The fourth-order valence-electron chi connectivity index (χ4n) is 3.05. The van der Waals surface area contributed by atoms with Crippen molar-refractivity contribution in [2.75, 3.05) is 45.7 Å². The number of nitrogens with zero attached hydrogens (tertiary/aromatic N) is 4. The number of hydrogen-bond donors (Lipinski definition) is 1. The van der Waals surface area contributed by atoms with Gasteiger partial charge in [0.05, 0.1) is 5.52 Å². The molecule has 1 aromatic carbocycles. The van der Waals surface area contributed by atoms with E-state index in [2.05, 4.69) is 10.3 Å². The number of carbonyl (C=O) groups excluding carboxylic acids is 2. The zero-order chi connectivity index (χ0) is 18.7. The van der Waals surface area contributed by atoms with E-state index < -0.39 is 0 Å². The summed E-state index contributed by atoms with van der Waals surface area (Å²) < 4.78 is 0. The van der Waals surface area contributed by atoms with Crippen LogP contribution in [0.5, 0.6) is 0 Å². The quantitative estimate of drug-likeness (QED) is 0.909. The smallest absolute Gasteiger partial charge is 0.318 e. The molecule has 0 saturated carbocycles. The van der Waals surface area contributed by atoms with Gasteiger partial charge in [0.2, 0.25) is 5.91 Å². The van der Waals surface area contributed by atoms with Crippen LogP contribution in [0.2, 0.25) is 0 Å². The van der Waals surface area contributed by atoms with Gasteiger partial charge in [0.25, 0.3) is 0 Å². The fraction of sp³-hybridized carbons (Fsp3) is 0.421. The lowest BCUT2D eigenvalue weighted by Gasteiger charge is -2.21. The Bertz CT molecular complexity index is 821. The second kappa shape index (κ2) is 7.59. The SMILES string of the molecule is CN1CCCN(C(=O)NCc2cc(N(C)C)nc3ccccc23)CC1=O. The first-order valence-electron chi connectivity index (χ1n) is 8.78. The Labute approximate surface area is 153 Å². The van der Waals surface area contributed by atoms with E-state index in [0.29, 0.717) is 19.6 Å². The number of para-hydroxylation sites is 1. The lowest BCUT2D eigenvalue weighted by atomic mass is 10.1. The van der Waals surface area contributed by atoms with Gasteiger partial charge in [-0.05, 0) is 24.1 Å². The molecule has 3 rings (SSSR count). The Balaban J connectivity index is 1.76. The van der Waals surface area contributed by atoms with Crippen molar-refractivity contribution in [3.05, 3.63) is 35.9 Å². The molecule has 7 nitrogen and oxygen atoms in total. The van der Waals surface area contributed by atoms with E-state index in [9.17, 15) is 9.59 Å². The van der Waals surface area contributed by atoms with Gasteiger partial charge in [-0.3, -0.25) is 4.79 Å². The minimum atomic E-state index is -0.207. The predicted octanol–water partition coefficient (Wildman–Crippen LogP) is 1.67. The van der Waals surface area contributed by atoms with Crippen LogP contribution in [0.1, 0.15) is 12.0 Å². The van der Waals surface area contributed by atoms with Crippen molar-refractivity contribution in [3.63, 3.8) is 0 Å². The van der Waals surface area contributed by atoms with E-state index in [4.69, 9.17) is 0 Å². The number of fused-ring (bicyclic) bond motifs is 1. The van der Waals surface area contributed by atoms with E-state index in [0.717, 1.165) is 28.7 Å². The van der Waals surface area contributed by atoms with Gasteiger partial charge in [0.15, 0.2) is 0 Å². The van der Waals surface area contributed by atoms with Crippen molar-refractivity contribution in [1.29, 1.82) is 0 Å². The maximum atomic E-state index is 12.5. The number of aromatic nitrogens is 1. The molecule has 26 heavy (non-hydrogen) atoms. The molecule has 3 amide bonds. The molecule has 2 aromatic rings. The van der Waals surface area contributed by atoms with Gasteiger partial charge in [0, 0.05) is 46.2 Å². The zero-order valence-corrected chi connectivity index (χ0v) is 15.5. The molecule has 1 aromatic heterocycles. The molecule has 0 bridgehead atoms. The first kappa shape index (κ1) is 18.0. The standard InChI is InChI=1S/C19H25N5O2/c1-22(2)17-11-14(15-7-4-5-8-16(15)21-17)12-20-19(26)24-10-6-9-23(3)18(25)13-24/h4-5,7-8,11H,6,9-10,12-13H2,1-3H3,(H,20,26). The van der Waals surface area contributed by atoms with Gasteiger partial charge in [-0.15, -0.1) is 0 Å². The second-order valence-corrected chi connectivity index (χ2v) is 6.80. The van der Waals surface area contributed by atoms with Crippen molar-refractivity contribution in [3.8, 4) is 0 Å². The van der Waals surface area contributed by atoms with E-state index in [1.54, 1.807) is 16.8 Å². The molecule has 1 fully saturated rings. The summed E-state index contributed by atoms with van der Waals surface area (Å²) >= 11 is 0. The summed E-state index contributed by atoms with van der Waals surface area (Å²) in [7, 11) is 5.66. The number of urea groups is 1. The highest BCUT2D eigenvalue weighted by atomic mass is 16.2. The highest BCUT2D eigenvalue weighted by Gasteiger charge is 2.22. The van der Waals surface area contributed by atoms with E-state index in [-0.39, 0.29) is 18.5 Å². The van der Waals surface area contributed by atoms with Crippen LogP contribution in [0.25, 0.3) is 10.9 Å². The third kappa shape index (κ3) is 3.87. The number of nitrogens with one attached hydrogen (secondary N) is 1. The van der Waals surface area contributed by atoms with Gasteiger partial charge in [-0.1, -0.05) is 18.2 Å². The van der Waals surface area contributed by atoms with Crippen LogP contribution in [-0.4, -0.2) is 67.5 Å². The number of anilines is 1. The number of likely N-dealkylation sites (N-methyl/N-ethyl adjacent to an activating group) is 1. The van der Waals surface area contributed by atoms with E-state index in [1.807, 2.05) is 49.3 Å². The molecule has 0 unspecified atom stereocenters. The summed E-state index contributed by atoms with van der Waals surface area (Å²) in [6.07, 6.45) is 0.790. The maximum Gasteiger partial charge on any atom is 0.318 e. The number of amides is 3. The maximum absolute atomic E-state index is 12.5. The third-order valence-electron chi connectivity index (χ3n) is 4.64. The lowest BCUT2D eigenvalue weighted by Crippen LogP contribution is -2.43. The highest BCUT2D eigenvalue weighted by Crippen LogP contribution is 2.22. The summed E-state index contributed by atoms with van der Waals surface area (Å²) in [4.78, 5) is 34.4. The van der Waals surface area contributed by atoms with Gasteiger partial charge in [-0.2, -0.15) is 0 Å². The minimum Gasteiger partial charge on any atom is -0.363 e. The molecule has 2 heterocycles. The van der Waals surface area contributed by atoms with Gasteiger partial charge >= 0.3 is 6.03 Å². The summed E-state index contributed by atoms with van der Waals surface area (Å²) in [5, 5.41) is 3.98. The van der Waals surface area contributed by atoms with Crippen molar-refractivity contribution in [2.24, 2.45) is 0 Å². The van der Waals surface area contributed by atoms with Crippen LogP contribution < -0.4 is 10.2 Å². The molecule has 0 aliphatic carbocycles. The summed E-state index contributed by atoms with van der Waals surface area (Å²) in [5.74, 6) is 0.821. The number of pyridine rings is 1. The Morgan fingerprint density at radius 2 is 2.04 bits per heavy atom. The molecule has 1 saturated heterocycles. The summed E-state index contributed by atoms with van der Waals surface area (Å²) in [5.41, 5.74) is 1.90. The van der Waals surface area contributed by atoms with Gasteiger partial charge in [0.1, 0.15) is 12.4 Å². The molecule has 1 aliphatic heterocycles. The van der Waals surface area contributed by atoms with E-state index in [1.165, 1.54) is 0 Å². The van der Waals surface area contributed by atoms with Crippen LogP contribution in [0.3, 0.4) is 0 Å². The van der Waals surface area contributed by atoms with Gasteiger partial charge in [-0.25, -0.2) is 9.78 Å². The van der Waals surface area contributed by atoms with Crippen LogP contribution in [0.15, 0.2) is 30.3 Å². The Morgan fingerprint density at radius 3 is 2.81 bits per heavy atom. The molecular formula is C19H25N5O2. The molecule has 7 heteroatoms. The molecule has 1 N–H and O–H groups in total. The van der Waals surface area contributed by atoms with Crippen LogP contribution in [0, 0.1) is 0 Å². The Hall–Kier alpha value is -2.83. The first-order valence-corrected chi connectivity index (χ1v) is 8.78. The zero-order valence-electron chi connectivity index (χ0n) is 15.5. The van der Waals surface area contributed by atoms with Crippen molar-refractivity contribution in [1.82, 2.24) is 20.1 Å². The summed E-state index contributed by atoms with van der Waals surface area (Å²) in [6, 6.07) is 9.68. The first-order chi connectivity index (χ1) is 12.5. The van der Waals surface area contributed by atoms with Crippen molar-refractivity contribution < 1.29 is 9.59 Å². The molecule has 1 aliphatic rings. The Kier molecular flexibility index (Phi) is 5.25. The van der Waals surface area contributed by atoms with Crippen LogP contribution in [-0.2, 0) is 11.3 Å². The molecule has 0 radical (unpaired) electrons. The summed E-state index contributed by atoms with van der Waals surface area (Å²) in [6.45, 7) is 1.79. The van der Waals surface area contributed by atoms with Crippen LogP contribution in [0.4, 0.5) is 10.6 Å². The monoisotopic (exact) mass is 355 g/mol. The highest BCUT2D eigenvalue weighted by molar-refractivity contribution is 5.86. The average Bonchev–Trinajstić information content (AvgIpc) is 2.80. The normalized spacial score (nSPS) is 15.1. The number of benzene rings is 1. The van der Waals surface area contributed by atoms with Crippen molar-refractivity contribution in [2.45, 2.75) is 13.0 Å². The van der Waals surface area contributed by atoms with E-state index >= 15 is 0 Å². The number of carbonyl (C=O) groups is 2. The fourth-order valence-corrected chi connectivity index (χ4v) is 3.05. The number of rotatable bonds is 3. The van der Waals surface area contributed by atoms with Crippen LogP contribution >= 0.6 is 0 Å². The topological polar surface area (TPSA) is 68.8 Å². The minimum absolute atomic E-state index is 0.0260. The molecule has 0 atom stereocenters. The van der Waals surface area contributed by atoms with Gasteiger partial charge < -0.3 is 20.0 Å². The molecular weight excluding hydrogens is 330 g/mol. The van der Waals surface area contributed by atoms with Crippen molar-refractivity contribution >= 4 is 28.7 Å². The Morgan fingerprint density at radius 1 is 1.27 bits per heavy atom. The average molecular weight is 355 g/mol. The molecule has 0 spiro atoms. The third-order valence-corrected chi connectivity index (χ3v) is 4.64. The lowest BCUT2D eigenvalue weighted by molar-refractivity contribution is -0.129. The largest absolute Gasteiger partial charge is 0.363 e.